The van der Waals surface area contributed by atoms with Crippen LogP contribution in [0.15, 0.2) is 23.1 Å². The Hall–Kier alpha value is -1.03. The molecule has 0 saturated carbocycles. The highest BCUT2D eigenvalue weighted by Crippen LogP contribution is 2.30. The lowest BCUT2D eigenvalue weighted by atomic mass is 10.2. The van der Waals surface area contributed by atoms with Crippen LogP contribution in [0.4, 0.5) is 0 Å². The van der Waals surface area contributed by atoms with E-state index in [-0.39, 0.29) is 10.6 Å². The van der Waals surface area contributed by atoms with Gasteiger partial charge in [-0.05, 0) is 39.8 Å². The molecule has 0 aliphatic carbocycles. The molecule has 0 heterocycles. The first kappa shape index (κ1) is 10.5. The Labute approximate surface area is 92.2 Å². The number of aromatic hydroxyl groups is 1. The Bertz CT molecular complexity index is 486. The average molecular weight is 229 g/mol. The van der Waals surface area contributed by atoms with Gasteiger partial charge in [0.2, 0.25) is 0 Å². The van der Waals surface area contributed by atoms with Gasteiger partial charge in [0.05, 0.1) is 9.64 Å². The lowest BCUT2D eigenvalue weighted by Crippen LogP contribution is -2.28. The molecule has 0 atom stereocenters. The standard InChI is InChI=1S/C11H16O3S/c1-8-9(12)6-5-7-10(8)15(13,14)11(2,3)4/h5-7,12H,1-4H3/i/hD. The van der Waals surface area contributed by atoms with Crippen molar-refractivity contribution in [1.29, 1.82) is 1.43 Å². The van der Waals surface area contributed by atoms with E-state index < -0.39 is 14.6 Å². The summed E-state index contributed by atoms with van der Waals surface area (Å²) in [6, 6.07) is 4.69. The van der Waals surface area contributed by atoms with Crippen molar-refractivity contribution in [3.63, 3.8) is 0 Å². The zero-order valence-corrected chi connectivity index (χ0v) is 10.2. The Morgan fingerprint density at radius 1 is 1.33 bits per heavy atom. The molecule has 84 valence electrons. The van der Waals surface area contributed by atoms with E-state index in [1.54, 1.807) is 45.9 Å². The molecule has 0 aromatic heterocycles. The van der Waals surface area contributed by atoms with Crippen LogP contribution in [0, 0.1) is 6.92 Å². The van der Waals surface area contributed by atoms with Crippen molar-refractivity contribution >= 4 is 9.84 Å². The van der Waals surface area contributed by atoms with Gasteiger partial charge in [-0.1, -0.05) is 6.07 Å². The maximum absolute atomic E-state index is 12.2. The minimum atomic E-state index is -3.40. The van der Waals surface area contributed by atoms with Crippen LogP contribution < -0.4 is 0 Å². The van der Waals surface area contributed by atoms with Crippen molar-refractivity contribution in [2.24, 2.45) is 0 Å². The van der Waals surface area contributed by atoms with E-state index in [1.165, 1.54) is 0 Å². The summed E-state index contributed by atoms with van der Waals surface area (Å²) in [6.07, 6.45) is 0. The molecule has 1 N–H and O–H groups in total. The summed E-state index contributed by atoms with van der Waals surface area (Å²) in [5.74, 6) is 0.269. The Morgan fingerprint density at radius 2 is 1.93 bits per heavy atom. The zero-order valence-electron chi connectivity index (χ0n) is 10.4. The minimum Gasteiger partial charge on any atom is -0.508 e. The molecule has 4 heteroatoms. The van der Waals surface area contributed by atoms with Crippen molar-refractivity contribution in [1.82, 2.24) is 0 Å². The van der Waals surface area contributed by atoms with Crippen LogP contribution in [0.2, 0.25) is 0 Å². The Balaban J connectivity index is 3.47. The fourth-order valence-electron chi connectivity index (χ4n) is 1.22. The van der Waals surface area contributed by atoms with Crippen LogP contribution in [0.5, 0.6) is 5.75 Å². The highest BCUT2D eigenvalue weighted by atomic mass is 32.2. The number of phenols is 1. The van der Waals surface area contributed by atoms with Gasteiger partial charge in [-0.3, -0.25) is 0 Å². The van der Waals surface area contributed by atoms with Crippen molar-refractivity contribution in [3.05, 3.63) is 23.8 Å². The first-order valence-electron chi connectivity index (χ1n) is 5.10. The quantitative estimate of drug-likeness (QED) is 0.846. The van der Waals surface area contributed by atoms with Crippen LogP contribution >= 0.6 is 0 Å². The number of hydrogen-bond donors (Lipinski definition) is 1. The van der Waals surface area contributed by atoms with Gasteiger partial charge in [0, 0.05) is 5.56 Å². The molecule has 0 saturated heterocycles. The van der Waals surface area contributed by atoms with Gasteiger partial charge in [0.15, 0.2) is 9.84 Å². The fraction of sp³-hybridized carbons (Fsp3) is 0.455. The van der Waals surface area contributed by atoms with Crippen molar-refractivity contribution in [3.8, 4) is 5.75 Å². The predicted octanol–water partition coefficient (Wildman–Crippen LogP) is 2.27. The second kappa shape index (κ2) is 3.52. The molecular formula is C11H16O3S. The number of benzene rings is 1. The van der Waals surface area contributed by atoms with Crippen molar-refractivity contribution in [2.75, 3.05) is 0 Å². The zero-order chi connectivity index (χ0) is 12.6. The van der Waals surface area contributed by atoms with Crippen LogP contribution in [0.1, 0.15) is 26.3 Å². The molecule has 0 aliphatic rings. The molecule has 0 radical (unpaired) electrons. The van der Waals surface area contributed by atoms with Crippen LogP contribution in [-0.2, 0) is 9.84 Å². The minimum absolute atomic E-state index is 0.227. The summed E-state index contributed by atoms with van der Waals surface area (Å²) >= 11 is 0. The summed E-state index contributed by atoms with van der Waals surface area (Å²) in [4.78, 5) is 0.227. The van der Waals surface area contributed by atoms with E-state index >= 15 is 0 Å². The molecule has 0 amide bonds. The Morgan fingerprint density at radius 3 is 2.40 bits per heavy atom. The second-order valence-electron chi connectivity index (χ2n) is 4.50. The predicted molar refractivity (Wildman–Crippen MR) is 59.8 cm³/mol. The summed E-state index contributed by atoms with van der Waals surface area (Å²) in [7, 11) is -3.40. The first-order chi connectivity index (χ1) is 7.21. The number of phenolic OH excluding ortho intramolecular Hbond substituents is 1. The first-order valence-corrected chi connectivity index (χ1v) is 6.17. The number of rotatable bonds is 2. The molecule has 3 nitrogen and oxygen atoms in total. The summed E-state index contributed by atoms with van der Waals surface area (Å²) in [5.41, 5.74) is 0.479. The molecule has 1 aromatic carbocycles. The van der Waals surface area contributed by atoms with E-state index in [1.807, 2.05) is 0 Å². The number of sulfone groups is 1. The highest BCUT2D eigenvalue weighted by molar-refractivity contribution is 7.92. The van der Waals surface area contributed by atoms with Crippen LogP contribution in [-0.4, -0.2) is 19.7 Å². The summed E-state index contributed by atoms with van der Waals surface area (Å²) < 4.78 is 30.4. The van der Waals surface area contributed by atoms with E-state index in [4.69, 9.17) is 1.43 Å². The third kappa shape index (κ3) is 2.00. The SMILES string of the molecule is [2H]Oc1cccc(S(=O)(=O)C(C)(C)C)c1C. The monoisotopic (exact) mass is 229 g/mol. The Kier molecular flexibility index (Phi) is 2.46. The average Bonchev–Trinajstić information content (AvgIpc) is 2.16. The van der Waals surface area contributed by atoms with Crippen molar-refractivity contribution < 1.29 is 13.5 Å². The van der Waals surface area contributed by atoms with E-state index in [2.05, 4.69) is 5.11 Å². The van der Waals surface area contributed by atoms with Crippen LogP contribution in [0.3, 0.4) is 0 Å². The fourth-order valence-corrected chi connectivity index (χ4v) is 2.64. The normalized spacial score (nSPS) is 13.5. The maximum atomic E-state index is 12.2. The second-order valence-corrected chi connectivity index (χ2v) is 7.17. The molecule has 1 rings (SSSR count). The molecule has 0 fully saturated rings. The highest BCUT2D eigenvalue weighted by Gasteiger charge is 2.32. The van der Waals surface area contributed by atoms with Gasteiger partial charge in [0.25, 0.3) is 1.43 Å². The third-order valence-electron chi connectivity index (χ3n) is 2.33. The third-order valence-corrected chi connectivity index (χ3v) is 4.96. The topological polar surface area (TPSA) is 54.4 Å². The molecule has 15 heavy (non-hydrogen) atoms. The lowest BCUT2D eigenvalue weighted by Gasteiger charge is -2.20. The van der Waals surface area contributed by atoms with Gasteiger partial charge >= 0.3 is 0 Å². The summed E-state index contributed by atoms with van der Waals surface area (Å²) in [6.45, 7) is 6.59. The van der Waals surface area contributed by atoms with E-state index in [0.29, 0.717) is 5.56 Å². The van der Waals surface area contributed by atoms with E-state index in [0.717, 1.165) is 0 Å². The molecule has 0 unspecified atom stereocenters. The van der Waals surface area contributed by atoms with Crippen LogP contribution in [0.25, 0.3) is 0 Å². The molecule has 0 bridgehead atoms. The van der Waals surface area contributed by atoms with Crippen molar-refractivity contribution in [2.45, 2.75) is 37.3 Å². The van der Waals surface area contributed by atoms with Gasteiger partial charge in [0.1, 0.15) is 5.75 Å². The van der Waals surface area contributed by atoms with Gasteiger partial charge < -0.3 is 5.11 Å². The largest absolute Gasteiger partial charge is 0.508 e. The summed E-state index contributed by atoms with van der Waals surface area (Å²) in [5, 5.41) is 4.38. The molecule has 0 spiro atoms. The van der Waals surface area contributed by atoms with E-state index in [9.17, 15) is 8.42 Å². The van der Waals surface area contributed by atoms with Gasteiger partial charge in [-0.25, -0.2) is 8.42 Å². The molecule has 1 aromatic rings. The molecular weight excluding hydrogens is 212 g/mol. The lowest BCUT2D eigenvalue weighted by molar-refractivity contribution is 0.468. The molecule has 0 aliphatic heterocycles. The number of hydrogen-bond acceptors (Lipinski definition) is 3. The van der Waals surface area contributed by atoms with Gasteiger partial charge in [-0.15, -0.1) is 0 Å². The maximum Gasteiger partial charge on any atom is 0.293 e. The van der Waals surface area contributed by atoms with Gasteiger partial charge in [-0.2, -0.15) is 0 Å². The smallest absolute Gasteiger partial charge is 0.293 e.